The van der Waals surface area contributed by atoms with Gasteiger partial charge in [0.2, 0.25) is 5.43 Å². The maximum Gasteiger partial charge on any atom is 0.257 e. The van der Waals surface area contributed by atoms with Gasteiger partial charge < -0.3 is 14.9 Å². The number of hydrogen-bond acceptors (Lipinski definition) is 4. The fourth-order valence-electron chi connectivity index (χ4n) is 3.31. The summed E-state index contributed by atoms with van der Waals surface area (Å²) >= 11 is 6.08. The van der Waals surface area contributed by atoms with Gasteiger partial charge in [-0.3, -0.25) is 9.59 Å². The van der Waals surface area contributed by atoms with E-state index in [1.807, 2.05) is 0 Å². The van der Waals surface area contributed by atoms with E-state index in [-0.39, 0.29) is 17.5 Å². The minimum atomic E-state index is -0.445. The van der Waals surface area contributed by atoms with Gasteiger partial charge in [-0.15, -0.1) is 10.2 Å². The van der Waals surface area contributed by atoms with Gasteiger partial charge in [0.05, 0.1) is 17.1 Å². The zero-order valence-corrected chi connectivity index (χ0v) is 14.8. The summed E-state index contributed by atoms with van der Waals surface area (Å²) in [5.74, 6) is 1.24. The lowest BCUT2D eigenvalue weighted by Gasteiger charge is -2.09. The summed E-state index contributed by atoms with van der Waals surface area (Å²) in [5, 5.41) is 12.0. The van der Waals surface area contributed by atoms with E-state index < -0.39 is 5.91 Å². The summed E-state index contributed by atoms with van der Waals surface area (Å²) in [4.78, 5) is 28.0. The molecule has 0 spiro atoms. The van der Waals surface area contributed by atoms with Crippen molar-refractivity contribution in [3.05, 3.63) is 56.9 Å². The minimum absolute atomic E-state index is 0.0513. The van der Waals surface area contributed by atoms with E-state index in [1.165, 1.54) is 12.6 Å². The van der Waals surface area contributed by atoms with E-state index in [2.05, 4.69) is 25.1 Å². The Kier molecular flexibility index (Phi) is 4.46. The van der Waals surface area contributed by atoms with Crippen LogP contribution < -0.4 is 10.7 Å². The Labute approximate surface area is 154 Å². The van der Waals surface area contributed by atoms with Crippen molar-refractivity contribution in [3.8, 4) is 0 Å². The van der Waals surface area contributed by atoms with E-state index in [0.717, 1.165) is 37.5 Å². The van der Waals surface area contributed by atoms with Gasteiger partial charge in [0.25, 0.3) is 5.91 Å². The Bertz CT molecular complexity index is 1040. The van der Waals surface area contributed by atoms with Crippen LogP contribution in [0.25, 0.3) is 10.9 Å². The molecular formula is C18H18ClN5O2. The number of nitrogens with zero attached hydrogens (tertiary/aromatic N) is 3. The zero-order chi connectivity index (χ0) is 18.1. The Morgan fingerprint density at radius 2 is 2.15 bits per heavy atom. The van der Waals surface area contributed by atoms with Crippen molar-refractivity contribution in [2.75, 3.05) is 0 Å². The second kappa shape index (κ2) is 6.92. The predicted molar refractivity (Wildman–Crippen MR) is 98.3 cm³/mol. The molecular weight excluding hydrogens is 354 g/mol. The van der Waals surface area contributed by atoms with Gasteiger partial charge in [-0.05, 0) is 25.0 Å². The molecule has 0 atom stereocenters. The van der Waals surface area contributed by atoms with Crippen LogP contribution in [0.4, 0.5) is 0 Å². The smallest absolute Gasteiger partial charge is 0.257 e. The monoisotopic (exact) mass is 371 g/mol. The standard InChI is InChI=1S/C18H18ClN5O2/c19-13-6-4-5-11-16(13)20-9-12(17(11)25)18(26)21-10-15-23-22-14-7-2-1-3-8-24(14)15/h4-6,9H,1-3,7-8,10H2,(H,20,25)(H,21,26). The molecule has 7 nitrogen and oxygen atoms in total. The molecule has 1 aliphatic rings. The van der Waals surface area contributed by atoms with Gasteiger partial charge in [-0.25, -0.2) is 0 Å². The lowest BCUT2D eigenvalue weighted by Crippen LogP contribution is -2.29. The first kappa shape index (κ1) is 16.8. The summed E-state index contributed by atoms with van der Waals surface area (Å²) < 4.78 is 2.07. The molecule has 0 unspecified atom stereocenters. The number of halogens is 1. The largest absolute Gasteiger partial charge is 0.359 e. The summed E-state index contributed by atoms with van der Waals surface area (Å²) in [6.07, 6.45) is 5.67. The van der Waals surface area contributed by atoms with E-state index >= 15 is 0 Å². The van der Waals surface area contributed by atoms with Crippen molar-refractivity contribution < 1.29 is 4.79 Å². The minimum Gasteiger partial charge on any atom is -0.359 e. The van der Waals surface area contributed by atoms with Crippen molar-refractivity contribution in [2.45, 2.75) is 38.8 Å². The van der Waals surface area contributed by atoms with E-state index in [9.17, 15) is 9.59 Å². The molecule has 1 amide bonds. The molecule has 2 aromatic heterocycles. The van der Waals surface area contributed by atoms with Crippen molar-refractivity contribution in [3.63, 3.8) is 0 Å². The number of amides is 1. The topological polar surface area (TPSA) is 92.7 Å². The highest BCUT2D eigenvalue weighted by Crippen LogP contribution is 2.19. The SMILES string of the molecule is O=C(NCc1nnc2n1CCCCC2)c1c[nH]c2c(Cl)cccc2c1=O. The summed E-state index contributed by atoms with van der Waals surface area (Å²) in [6, 6.07) is 5.03. The number of nitrogens with one attached hydrogen (secondary N) is 2. The van der Waals surface area contributed by atoms with Crippen LogP contribution in [0, 0.1) is 0 Å². The van der Waals surface area contributed by atoms with Gasteiger partial charge >= 0.3 is 0 Å². The number of rotatable bonds is 3. The van der Waals surface area contributed by atoms with Crippen LogP contribution in [0.5, 0.6) is 0 Å². The number of aryl methyl sites for hydroxylation is 1. The Balaban J connectivity index is 1.56. The number of H-pyrrole nitrogens is 1. The molecule has 2 N–H and O–H groups in total. The molecule has 3 aromatic rings. The number of aromatic nitrogens is 4. The average Bonchev–Trinajstić information content (AvgIpc) is 2.87. The molecule has 3 heterocycles. The third-order valence-electron chi connectivity index (χ3n) is 4.70. The number of para-hydroxylation sites is 1. The molecule has 0 bridgehead atoms. The molecule has 26 heavy (non-hydrogen) atoms. The highest BCUT2D eigenvalue weighted by molar-refractivity contribution is 6.35. The molecule has 0 fully saturated rings. The summed E-state index contributed by atoms with van der Waals surface area (Å²) in [6.45, 7) is 1.10. The number of fused-ring (bicyclic) bond motifs is 2. The number of pyridine rings is 1. The first-order chi connectivity index (χ1) is 12.6. The summed E-state index contributed by atoms with van der Waals surface area (Å²) in [5.41, 5.74) is 0.229. The number of aromatic amines is 1. The number of benzene rings is 1. The second-order valence-corrected chi connectivity index (χ2v) is 6.78. The summed E-state index contributed by atoms with van der Waals surface area (Å²) in [7, 11) is 0. The molecule has 1 aromatic carbocycles. The van der Waals surface area contributed by atoms with Crippen LogP contribution in [-0.2, 0) is 19.5 Å². The third-order valence-corrected chi connectivity index (χ3v) is 5.02. The number of hydrogen-bond donors (Lipinski definition) is 2. The fraction of sp³-hybridized carbons (Fsp3) is 0.333. The molecule has 134 valence electrons. The molecule has 1 aliphatic heterocycles. The first-order valence-electron chi connectivity index (χ1n) is 8.64. The first-order valence-corrected chi connectivity index (χ1v) is 9.02. The van der Waals surface area contributed by atoms with Crippen molar-refractivity contribution in [1.29, 1.82) is 0 Å². The van der Waals surface area contributed by atoms with Gasteiger partial charge in [0.1, 0.15) is 11.4 Å². The molecule has 0 saturated carbocycles. The fourth-order valence-corrected chi connectivity index (χ4v) is 3.54. The lowest BCUT2D eigenvalue weighted by molar-refractivity contribution is 0.0948. The van der Waals surface area contributed by atoms with Crippen LogP contribution in [0.15, 0.2) is 29.2 Å². The lowest BCUT2D eigenvalue weighted by atomic mass is 10.1. The van der Waals surface area contributed by atoms with Crippen molar-refractivity contribution >= 4 is 28.4 Å². The highest BCUT2D eigenvalue weighted by atomic mass is 35.5. The van der Waals surface area contributed by atoms with Gasteiger partial charge in [0.15, 0.2) is 5.82 Å². The van der Waals surface area contributed by atoms with E-state index in [0.29, 0.717) is 15.9 Å². The maximum absolute atomic E-state index is 12.6. The Hall–Kier alpha value is -2.67. The average molecular weight is 372 g/mol. The Morgan fingerprint density at radius 1 is 1.27 bits per heavy atom. The van der Waals surface area contributed by atoms with E-state index in [1.54, 1.807) is 18.2 Å². The number of carbonyl (C=O) groups excluding carboxylic acids is 1. The quantitative estimate of drug-likeness (QED) is 0.739. The number of carbonyl (C=O) groups is 1. The molecule has 4 rings (SSSR count). The molecule has 0 saturated heterocycles. The van der Waals surface area contributed by atoms with Crippen molar-refractivity contribution in [1.82, 2.24) is 25.1 Å². The van der Waals surface area contributed by atoms with Gasteiger partial charge in [-0.1, -0.05) is 24.1 Å². The van der Waals surface area contributed by atoms with E-state index in [4.69, 9.17) is 11.6 Å². The maximum atomic E-state index is 12.6. The van der Waals surface area contributed by atoms with Crippen LogP contribution >= 0.6 is 11.6 Å². The van der Waals surface area contributed by atoms with Crippen LogP contribution in [0.2, 0.25) is 5.02 Å². The van der Waals surface area contributed by atoms with Crippen LogP contribution in [0.3, 0.4) is 0 Å². The predicted octanol–water partition coefficient (Wildman–Crippen LogP) is 2.43. The highest BCUT2D eigenvalue weighted by Gasteiger charge is 2.17. The van der Waals surface area contributed by atoms with Crippen LogP contribution in [0.1, 0.15) is 41.3 Å². The van der Waals surface area contributed by atoms with Gasteiger partial charge in [0, 0.05) is 24.5 Å². The normalized spacial score (nSPS) is 14.0. The Morgan fingerprint density at radius 3 is 3.04 bits per heavy atom. The molecule has 0 aliphatic carbocycles. The van der Waals surface area contributed by atoms with Gasteiger partial charge in [-0.2, -0.15) is 0 Å². The second-order valence-electron chi connectivity index (χ2n) is 6.37. The molecule has 8 heteroatoms. The van der Waals surface area contributed by atoms with Crippen molar-refractivity contribution in [2.24, 2.45) is 0 Å². The zero-order valence-electron chi connectivity index (χ0n) is 14.1. The van der Waals surface area contributed by atoms with Crippen LogP contribution in [-0.4, -0.2) is 25.7 Å². The molecule has 0 radical (unpaired) electrons. The third kappa shape index (κ3) is 2.99.